The number of nitrogens with zero attached hydrogens (tertiary/aromatic N) is 3. The molecule has 3 fully saturated rings. The number of rotatable bonds is 4. The Labute approximate surface area is 180 Å². The van der Waals surface area contributed by atoms with Crippen LogP contribution in [-0.2, 0) is 9.47 Å². The molecule has 0 spiro atoms. The van der Waals surface area contributed by atoms with Crippen LogP contribution in [0.3, 0.4) is 0 Å². The Balaban J connectivity index is 2.00. The Morgan fingerprint density at radius 1 is 1.00 bits per heavy atom. The maximum atomic E-state index is 10.3. The highest BCUT2D eigenvalue weighted by molar-refractivity contribution is 5.89. The Hall–Kier alpha value is -3.48. The SMILES string of the molecule is COc1cc([C@@H]2O[C@@]34CCCC[C@@H]3[C@@](C#N)(C(=N)O4)C2(C#N)C#N)cc(OC)c1OC. The zero-order chi connectivity index (χ0) is 22.4. The van der Waals surface area contributed by atoms with Gasteiger partial charge in [0.25, 0.3) is 0 Å². The van der Waals surface area contributed by atoms with E-state index in [1.165, 1.54) is 21.3 Å². The second kappa shape index (κ2) is 7.04. The molecule has 1 aliphatic carbocycles. The molecular weight excluding hydrogens is 400 g/mol. The maximum absolute atomic E-state index is 10.3. The number of hydrogen-bond donors (Lipinski definition) is 1. The molecule has 1 aromatic rings. The quantitative estimate of drug-likeness (QED) is 0.779. The lowest BCUT2D eigenvalue weighted by molar-refractivity contribution is -0.294. The lowest BCUT2D eigenvalue weighted by Crippen LogP contribution is -2.60. The number of nitriles is 3. The minimum absolute atomic E-state index is 0.322. The number of ether oxygens (including phenoxy) is 5. The van der Waals surface area contributed by atoms with Crippen LogP contribution in [0.1, 0.15) is 37.4 Å². The second-order valence-corrected chi connectivity index (χ2v) is 7.95. The summed E-state index contributed by atoms with van der Waals surface area (Å²) in [6.07, 6.45) is 1.42. The molecular formula is C22H22N4O5. The van der Waals surface area contributed by atoms with E-state index in [0.717, 1.165) is 12.8 Å². The number of methoxy groups -OCH3 is 3. The molecule has 1 N–H and O–H groups in total. The first-order valence-electron chi connectivity index (χ1n) is 9.93. The first kappa shape index (κ1) is 20.8. The molecule has 9 heteroatoms. The molecule has 9 nitrogen and oxygen atoms in total. The van der Waals surface area contributed by atoms with Crippen molar-refractivity contribution in [3.05, 3.63) is 17.7 Å². The molecule has 2 heterocycles. The van der Waals surface area contributed by atoms with Gasteiger partial charge in [-0.2, -0.15) is 15.8 Å². The summed E-state index contributed by atoms with van der Waals surface area (Å²) < 4.78 is 28.5. The summed E-state index contributed by atoms with van der Waals surface area (Å²) in [5, 5.41) is 39.5. The van der Waals surface area contributed by atoms with Crippen LogP contribution in [0.5, 0.6) is 17.2 Å². The monoisotopic (exact) mass is 422 g/mol. The number of nitrogens with one attached hydrogen (secondary N) is 1. The molecule has 0 radical (unpaired) electrons. The van der Waals surface area contributed by atoms with Gasteiger partial charge in [0, 0.05) is 6.42 Å². The fraction of sp³-hybridized carbons (Fsp3) is 0.545. The predicted molar refractivity (Wildman–Crippen MR) is 105 cm³/mol. The molecule has 2 bridgehead atoms. The van der Waals surface area contributed by atoms with Crippen molar-refractivity contribution < 1.29 is 23.7 Å². The molecule has 31 heavy (non-hydrogen) atoms. The summed E-state index contributed by atoms with van der Waals surface area (Å²) in [6, 6.07) is 9.48. The Morgan fingerprint density at radius 3 is 2.16 bits per heavy atom. The van der Waals surface area contributed by atoms with Gasteiger partial charge in [0.1, 0.15) is 6.10 Å². The van der Waals surface area contributed by atoms with E-state index in [9.17, 15) is 15.8 Å². The normalized spacial score (nSPS) is 32.5. The lowest BCUT2D eigenvalue weighted by atomic mass is 9.51. The number of hydrogen-bond acceptors (Lipinski definition) is 9. The predicted octanol–water partition coefficient (Wildman–Crippen LogP) is 3.22. The molecule has 4 rings (SSSR count). The maximum Gasteiger partial charge on any atom is 0.217 e. The topological polar surface area (TPSA) is 141 Å². The van der Waals surface area contributed by atoms with E-state index in [-0.39, 0.29) is 5.90 Å². The Bertz CT molecular complexity index is 1030. The van der Waals surface area contributed by atoms with Crippen LogP contribution in [-0.4, -0.2) is 33.0 Å². The van der Waals surface area contributed by atoms with E-state index in [4.69, 9.17) is 29.1 Å². The molecule has 0 amide bonds. The zero-order valence-electron chi connectivity index (χ0n) is 17.5. The Kier molecular flexibility index (Phi) is 4.72. The number of benzene rings is 1. The zero-order valence-corrected chi connectivity index (χ0v) is 17.5. The van der Waals surface area contributed by atoms with Crippen LogP contribution >= 0.6 is 0 Å². The fourth-order valence-electron chi connectivity index (χ4n) is 5.41. The van der Waals surface area contributed by atoms with Gasteiger partial charge in [-0.25, -0.2) is 0 Å². The third-order valence-electron chi connectivity index (χ3n) is 6.81. The molecule has 4 atom stereocenters. The first-order valence-corrected chi connectivity index (χ1v) is 9.93. The third kappa shape index (κ3) is 2.34. The molecule has 0 unspecified atom stereocenters. The molecule has 3 aliphatic rings. The van der Waals surface area contributed by atoms with Crippen LogP contribution in [0, 0.1) is 56.2 Å². The van der Waals surface area contributed by atoms with Crippen molar-refractivity contribution in [3.63, 3.8) is 0 Å². The molecule has 0 aromatic heterocycles. The van der Waals surface area contributed by atoms with E-state index in [1.807, 2.05) is 0 Å². The van der Waals surface area contributed by atoms with Gasteiger partial charge in [0.2, 0.25) is 22.8 Å². The van der Waals surface area contributed by atoms with Crippen molar-refractivity contribution in [3.8, 4) is 35.5 Å². The van der Waals surface area contributed by atoms with Crippen LogP contribution in [0.2, 0.25) is 0 Å². The van der Waals surface area contributed by atoms with E-state index in [2.05, 4.69) is 18.2 Å². The molecule has 160 valence electrons. The standard InChI is InChI=1S/C22H22N4O5/c1-27-14-8-13(9-15(28-2)17(14)29-3)18-20(10-23,11-24)21(12-25)16-6-4-5-7-22(16,30-18)31-19(21)26/h8-9,16,18,26H,4-7H2,1-3H3/t16-,18+,21+,22-/m1/s1. The highest BCUT2D eigenvalue weighted by atomic mass is 16.7. The van der Waals surface area contributed by atoms with Crippen molar-refractivity contribution >= 4 is 5.90 Å². The van der Waals surface area contributed by atoms with Crippen LogP contribution in [0.15, 0.2) is 12.1 Å². The summed E-state index contributed by atoms with van der Waals surface area (Å²) >= 11 is 0. The van der Waals surface area contributed by atoms with E-state index in [0.29, 0.717) is 35.7 Å². The average molecular weight is 422 g/mol. The molecule has 2 aliphatic heterocycles. The van der Waals surface area contributed by atoms with E-state index in [1.54, 1.807) is 12.1 Å². The highest BCUT2D eigenvalue weighted by Crippen LogP contribution is 2.69. The van der Waals surface area contributed by atoms with E-state index >= 15 is 0 Å². The van der Waals surface area contributed by atoms with Gasteiger partial charge in [0.15, 0.2) is 16.9 Å². The summed E-state index contributed by atoms with van der Waals surface area (Å²) in [5.74, 6) is -1.19. The van der Waals surface area contributed by atoms with Gasteiger partial charge in [-0.05, 0) is 30.5 Å². The first-order chi connectivity index (χ1) is 14.9. The average Bonchev–Trinajstić information content (AvgIpc) is 3.02. The van der Waals surface area contributed by atoms with Crippen molar-refractivity contribution in [2.75, 3.05) is 21.3 Å². The lowest BCUT2D eigenvalue weighted by Gasteiger charge is -2.51. The van der Waals surface area contributed by atoms with Crippen LogP contribution in [0.4, 0.5) is 0 Å². The summed E-state index contributed by atoms with van der Waals surface area (Å²) in [4.78, 5) is 0. The molecule has 1 aromatic carbocycles. The van der Waals surface area contributed by atoms with Crippen molar-refractivity contribution in [1.82, 2.24) is 0 Å². The molecule has 1 saturated carbocycles. The Morgan fingerprint density at radius 2 is 1.65 bits per heavy atom. The minimum atomic E-state index is -2.01. The van der Waals surface area contributed by atoms with Crippen molar-refractivity contribution in [1.29, 1.82) is 21.2 Å². The van der Waals surface area contributed by atoms with Gasteiger partial charge in [-0.1, -0.05) is 6.42 Å². The van der Waals surface area contributed by atoms with Gasteiger partial charge >= 0.3 is 0 Å². The van der Waals surface area contributed by atoms with Crippen LogP contribution < -0.4 is 14.2 Å². The molecule has 2 saturated heterocycles. The van der Waals surface area contributed by atoms with Crippen molar-refractivity contribution in [2.45, 2.75) is 37.6 Å². The summed E-state index contributed by atoms with van der Waals surface area (Å²) in [7, 11) is 4.39. The summed E-state index contributed by atoms with van der Waals surface area (Å²) in [5.41, 5.74) is -3.36. The van der Waals surface area contributed by atoms with Gasteiger partial charge in [-0.15, -0.1) is 0 Å². The van der Waals surface area contributed by atoms with Gasteiger partial charge in [-0.3, -0.25) is 5.41 Å². The highest BCUT2D eigenvalue weighted by Gasteiger charge is 2.80. The summed E-state index contributed by atoms with van der Waals surface area (Å²) in [6.45, 7) is 0. The van der Waals surface area contributed by atoms with Gasteiger partial charge < -0.3 is 23.7 Å². The fourth-order valence-corrected chi connectivity index (χ4v) is 5.41. The van der Waals surface area contributed by atoms with E-state index < -0.39 is 28.6 Å². The van der Waals surface area contributed by atoms with Crippen molar-refractivity contribution in [2.24, 2.45) is 16.7 Å². The third-order valence-corrected chi connectivity index (χ3v) is 6.81. The second-order valence-electron chi connectivity index (χ2n) is 7.95. The minimum Gasteiger partial charge on any atom is -0.493 e. The largest absolute Gasteiger partial charge is 0.493 e. The smallest absolute Gasteiger partial charge is 0.217 e. The van der Waals surface area contributed by atoms with Crippen LogP contribution in [0.25, 0.3) is 0 Å². The van der Waals surface area contributed by atoms with Gasteiger partial charge in [0.05, 0.1) is 45.5 Å².